The Morgan fingerprint density at radius 2 is 2.05 bits per heavy atom. The minimum atomic E-state index is 0.479. The van der Waals surface area contributed by atoms with Gasteiger partial charge in [0, 0.05) is 23.0 Å². The summed E-state index contributed by atoms with van der Waals surface area (Å²) in [4.78, 5) is 1.24. The number of nitrogens with one attached hydrogen (secondary N) is 1. The quantitative estimate of drug-likeness (QED) is 0.786. The van der Waals surface area contributed by atoms with Crippen molar-refractivity contribution in [2.45, 2.75) is 36.9 Å². The number of thioether (sulfide) groups is 1. The zero-order chi connectivity index (χ0) is 13.8. The lowest BCUT2D eigenvalue weighted by molar-refractivity contribution is 0.268. The Balaban J connectivity index is 1.55. The van der Waals surface area contributed by atoms with Crippen LogP contribution in [0.2, 0.25) is 0 Å². The van der Waals surface area contributed by atoms with Crippen molar-refractivity contribution in [3.8, 4) is 5.75 Å². The molecule has 0 bridgehead atoms. The molecule has 0 unspecified atom stereocenters. The molecule has 3 nitrogen and oxygen atoms in total. The first-order valence-corrected chi connectivity index (χ1v) is 8.13. The van der Waals surface area contributed by atoms with Crippen molar-refractivity contribution < 1.29 is 9.15 Å². The van der Waals surface area contributed by atoms with Gasteiger partial charge in [0.15, 0.2) is 0 Å². The highest BCUT2D eigenvalue weighted by Crippen LogP contribution is 2.22. The summed E-state index contributed by atoms with van der Waals surface area (Å²) < 4.78 is 11.3. The van der Waals surface area contributed by atoms with Gasteiger partial charge in [0.1, 0.15) is 18.1 Å². The summed E-state index contributed by atoms with van der Waals surface area (Å²) in [6, 6.07) is 10.9. The van der Waals surface area contributed by atoms with E-state index in [-0.39, 0.29) is 0 Å². The van der Waals surface area contributed by atoms with E-state index in [1.807, 2.05) is 18.2 Å². The predicted octanol–water partition coefficient (Wildman–Crippen LogP) is 3.83. The van der Waals surface area contributed by atoms with Crippen LogP contribution in [0, 0.1) is 0 Å². The first-order valence-electron chi connectivity index (χ1n) is 6.90. The molecule has 4 heteroatoms. The third-order valence-corrected chi connectivity index (χ3v) is 4.17. The summed E-state index contributed by atoms with van der Waals surface area (Å²) in [6.45, 7) is 1.35. The lowest BCUT2D eigenvalue weighted by Gasteiger charge is -2.07. The number of benzene rings is 1. The summed E-state index contributed by atoms with van der Waals surface area (Å²) in [5.41, 5.74) is 1.19. The summed E-state index contributed by atoms with van der Waals surface area (Å²) in [5, 5.41) is 3.49. The molecule has 0 amide bonds. The Labute approximate surface area is 123 Å². The fraction of sp³-hybridized carbons (Fsp3) is 0.375. The average Bonchev–Trinajstić information content (AvgIpc) is 3.22. The minimum Gasteiger partial charge on any atom is -0.486 e. The van der Waals surface area contributed by atoms with Crippen LogP contribution < -0.4 is 10.1 Å². The van der Waals surface area contributed by atoms with Gasteiger partial charge in [0.2, 0.25) is 0 Å². The van der Waals surface area contributed by atoms with Gasteiger partial charge in [-0.15, -0.1) is 11.8 Å². The van der Waals surface area contributed by atoms with Gasteiger partial charge in [-0.2, -0.15) is 0 Å². The average molecular weight is 289 g/mol. The second kappa shape index (κ2) is 6.37. The molecule has 1 fully saturated rings. The smallest absolute Gasteiger partial charge is 0.146 e. The molecule has 20 heavy (non-hydrogen) atoms. The highest BCUT2D eigenvalue weighted by molar-refractivity contribution is 7.98. The van der Waals surface area contributed by atoms with Gasteiger partial charge in [0.05, 0.1) is 6.26 Å². The van der Waals surface area contributed by atoms with Crippen molar-refractivity contribution in [3.63, 3.8) is 0 Å². The third kappa shape index (κ3) is 3.58. The van der Waals surface area contributed by atoms with E-state index in [1.165, 1.54) is 23.3 Å². The maximum Gasteiger partial charge on any atom is 0.146 e. The first-order chi connectivity index (χ1) is 9.85. The predicted molar refractivity (Wildman–Crippen MR) is 81.1 cm³/mol. The van der Waals surface area contributed by atoms with Gasteiger partial charge in [-0.3, -0.25) is 0 Å². The number of ether oxygens (including phenoxy) is 1. The van der Waals surface area contributed by atoms with Crippen LogP contribution in [-0.2, 0) is 13.2 Å². The van der Waals surface area contributed by atoms with Crippen molar-refractivity contribution in [1.29, 1.82) is 0 Å². The van der Waals surface area contributed by atoms with E-state index >= 15 is 0 Å². The molecule has 3 rings (SSSR count). The number of hydrogen-bond donors (Lipinski definition) is 1. The molecule has 0 radical (unpaired) electrons. The molecule has 1 aromatic carbocycles. The normalized spacial score (nSPS) is 14.4. The van der Waals surface area contributed by atoms with E-state index in [0.29, 0.717) is 12.6 Å². The molecular formula is C16H19NO2S. The molecule has 1 aromatic heterocycles. The van der Waals surface area contributed by atoms with Gasteiger partial charge in [-0.1, -0.05) is 0 Å². The Morgan fingerprint density at radius 3 is 2.75 bits per heavy atom. The van der Waals surface area contributed by atoms with E-state index in [4.69, 9.17) is 9.15 Å². The largest absolute Gasteiger partial charge is 0.486 e. The van der Waals surface area contributed by atoms with Crippen LogP contribution in [0.3, 0.4) is 0 Å². The fourth-order valence-electron chi connectivity index (χ4n) is 2.01. The maximum atomic E-state index is 5.78. The molecular weight excluding hydrogens is 270 g/mol. The molecule has 0 spiro atoms. The second-order valence-corrected chi connectivity index (χ2v) is 5.87. The van der Waals surface area contributed by atoms with Crippen LogP contribution in [0.15, 0.2) is 45.9 Å². The van der Waals surface area contributed by atoms with E-state index in [9.17, 15) is 0 Å². The summed E-state index contributed by atoms with van der Waals surface area (Å²) in [5.74, 6) is 1.78. The SMILES string of the molecule is CSc1ccc(OCc2occc2CNC2CC2)cc1. The summed E-state index contributed by atoms with van der Waals surface area (Å²) >= 11 is 1.73. The Morgan fingerprint density at radius 1 is 1.25 bits per heavy atom. The lowest BCUT2D eigenvalue weighted by Crippen LogP contribution is -2.16. The van der Waals surface area contributed by atoms with Crippen LogP contribution in [0.4, 0.5) is 0 Å². The Bertz CT molecular complexity index is 546. The van der Waals surface area contributed by atoms with Gasteiger partial charge < -0.3 is 14.5 Å². The monoisotopic (exact) mass is 289 g/mol. The fourth-order valence-corrected chi connectivity index (χ4v) is 2.42. The first kappa shape index (κ1) is 13.6. The number of furan rings is 1. The second-order valence-electron chi connectivity index (χ2n) is 4.99. The van der Waals surface area contributed by atoms with E-state index in [0.717, 1.165) is 18.1 Å². The molecule has 1 heterocycles. The third-order valence-electron chi connectivity index (χ3n) is 3.43. The lowest BCUT2D eigenvalue weighted by atomic mass is 10.2. The molecule has 0 aliphatic heterocycles. The van der Waals surface area contributed by atoms with Crippen molar-refractivity contribution in [3.05, 3.63) is 47.9 Å². The van der Waals surface area contributed by atoms with Crippen LogP contribution in [-0.4, -0.2) is 12.3 Å². The molecule has 1 aliphatic rings. The molecule has 1 N–H and O–H groups in total. The van der Waals surface area contributed by atoms with Gasteiger partial charge >= 0.3 is 0 Å². The molecule has 2 aromatic rings. The van der Waals surface area contributed by atoms with Crippen molar-refractivity contribution in [2.24, 2.45) is 0 Å². The maximum absolute atomic E-state index is 5.78. The zero-order valence-electron chi connectivity index (χ0n) is 11.6. The highest BCUT2D eigenvalue weighted by Gasteiger charge is 2.20. The molecule has 0 saturated heterocycles. The van der Waals surface area contributed by atoms with Gasteiger partial charge in [-0.05, 0) is 49.4 Å². The summed E-state index contributed by atoms with van der Waals surface area (Å²) in [7, 11) is 0. The Kier molecular flexibility index (Phi) is 4.33. The van der Waals surface area contributed by atoms with Crippen LogP contribution in [0.5, 0.6) is 5.75 Å². The van der Waals surface area contributed by atoms with Gasteiger partial charge in [0.25, 0.3) is 0 Å². The number of hydrogen-bond acceptors (Lipinski definition) is 4. The zero-order valence-corrected chi connectivity index (χ0v) is 12.4. The van der Waals surface area contributed by atoms with Crippen LogP contribution in [0.1, 0.15) is 24.2 Å². The van der Waals surface area contributed by atoms with Crippen molar-refractivity contribution in [1.82, 2.24) is 5.32 Å². The van der Waals surface area contributed by atoms with E-state index < -0.39 is 0 Å². The van der Waals surface area contributed by atoms with Crippen LogP contribution >= 0.6 is 11.8 Å². The van der Waals surface area contributed by atoms with Crippen molar-refractivity contribution >= 4 is 11.8 Å². The molecule has 1 aliphatic carbocycles. The van der Waals surface area contributed by atoms with E-state index in [1.54, 1.807) is 18.0 Å². The van der Waals surface area contributed by atoms with E-state index in [2.05, 4.69) is 23.7 Å². The molecule has 1 saturated carbocycles. The van der Waals surface area contributed by atoms with Crippen molar-refractivity contribution in [2.75, 3.05) is 6.26 Å². The topological polar surface area (TPSA) is 34.4 Å². The van der Waals surface area contributed by atoms with Crippen LogP contribution in [0.25, 0.3) is 0 Å². The van der Waals surface area contributed by atoms with Gasteiger partial charge in [-0.25, -0.2) is 0 Å². The molecule has 106 valence electrons. The number of rotatable bonds is 7. The Hall–Kier alpha value is -1.39. The summed E-state index contributed by atoms with van der Waals surface area (Å²) in [6.07, 6.45) is 6.40. The standard InChI is InChI=1S/C16H19NO2S/c1-20-15-6-4-14(5-7-15)19-11-16-12(8-9-18-16)10-17-13-2-3-13/h4-9,13,17H,2-3,10-11H2,1H3. The molecule has 0 atom stereocenters. The minimum absolute atomic E-state index is 0.479. The highest BCUT2D eigenvalue weighted by atomic mass is 32.2.